The number of rotatable bonds is 7. The van der Waals surface area contributed by atoms with Gasteiger partial charge in [0.1, 0.15) is 5.00 Å². The summed E-state index contributed by atoms with van der Waals surface area (Å²) in [5.74, 6) is -2.32. The summed E-state index contributed by atoms with van der Waals surface area (Å²) in [5.41, 5.74) is 0.294. The van der Waals surface area contributed by atoms with Crippen molar-refractivity contribution < 1.29 is 24.2 Å². The van der Waals surface area contributed by atoms with Gasteiger partial charge in [-0.1, -0.05) is 13.3 Å². The third-order valence-electron chi connectivity index (χ3n) is 2.39. The Morgan fingerprint density at radius 1 is 1.33 bits per heavy atom. The van der Waals surface area contributed by atoms with Crippen LogP contribution < -0.4 is 5.32 Å². The van der Waals surface area contributed by atoms with E-state index in [1.165, 1.54) is 11.3 Å². The Kier molecular flexibility index (Phi) is 6.61. The number of hydrogen-bond donors (Lipinski definition) is 2. The number of amides is 1. The Labute approximate surface area is 126 Å². The van der Waals surface area contributed by atoms with Crippen LogP contribution in [-0.4, -0.2) is 29.6 Å². The van der Waals surface area contributed by atoms with E-state index in [4.69, 9.17) is 9.84 Å². The monoisotopic (exact) mass is 311 g/mol. The van der Waals surface area contributed by atoms with Gasteiger partial charge >= 0.3 is 11.9 Å². The lowest BCUT2D eigenvalue weighted by Gasteiger charge is -2.03. The molecule has 0 bridgehead atoms. The summed E-state index contributed by atoms with van der Waals surface area (Å²) in [6.07, 6.45) is 3.34. The predicted octanol–water partition coefficient (Wildman–Crippen LogP) is 2.46. The second kappa shape index (κ2) is 8.21. The SMILES string of the molecule is CCCc1cc(C(=O)OCC)c(NC(=O)C=CC(=O)O)s1. The Morgan fingerprint density at radius 3 is 2.62 bits per heavy atom. The van der Waals surface area contributed by atoms with Crippen LogP contribution in [0.1, 0.15) is 35.5 Å². The largest absolute Gasteiger partial charge is 0.478 e. The Bertz CT molecular complexity index is 562. The average molecular weight is 311 g/mol. The van der Waals surface area contributed by atoms with Gasteiger partial charge in [-0.2, -0.15) is 0 Å². The van der Waals surface area contributed by atoms with Crippen LogP contribution >= 0.6 is 11.3 Å². The van der Waals surface area contributed by atoms with Gasteiger partial charge in [0.05, 0.1) is 12.2 Å². The highest BCUT2D eigenvalue weighted by Gasteiger charge is 2.18. The van der Waals surface area contributed by atoms with Gasteiger partial charge in [0.25, 0.3) is 0 Å². The fourth-order valence-corrected chi connectivity index (χ4v) is 2.71. The summed E-state index contributed by atoms with van der Waals surface area (Å²) < 4.78 is 4.94. The molecular weight excluding hydrogens is 294 g/mol. The van der Waals surface area contributed by atoms with Crippen molar-refractivity contribution in [2.45, 2.75) is 26.7 Å². The summed E-state index contributed by atoms with van der Waals surface area (Å²) in [5, 5.41) is 11.4. The number of esters is 1. The molecule has 1 heterocycles. The second-order valence-corrected chi connectivity index (χ2v) is 5.22. The minimum absolute atomic E-state index is 0.240. The third-order valence-corrected chi connectivity index (χ3v) is 3.50. The molecule has 1 aromatic heterocycles. The highest BCUT2D eigenvalue weighted by Crippen LogP contribution is 2.29. The van der Waals surface area contributed by atoms with Crippen molar-refractivity contribution in [1.29, 1.82) is 0 Å². The van der Waals surface area contributed by atoms with Gasteiger partial charge in [-0.15, -0.1) is 11.3 Å². The van der Waals surface area contributed by atoms with Crippen LogP contribution in [0, 0.1) is 0 Å². The van der Waals surface area contributed by atoms with E-state index in [9.17, 15) is 14.4 Å². The van der Waals surface area contributed by atoms with Crippen molar-refractivity contribution in [2.75, 3.05) is 11.9 Å². The van der Waals surface area contributed by atoms with Gasteiger partial charge < -0.3 is 15.2 Å². The maximum Gasteiger partial charge on any atom is 0.341 e. The maximum absolute atomic E-state index is 11.9. The lowest BCUT2D eigenvalue weighted by Crippen LogP contribution is -2.12. The quantitative estimate of drug-likeness (QED) is 0.596. The minimum atomic E-state index is -1.21. The zero-order valence-electron chi connectivity index (χ0n) is 11.8. The summed E-state index contributed by atoms with van der Waals surface area (Å²) in [6, 6.07) is 1.70. The zero-order valence-corrected chi connectivity index (χ0v) is 12.7. The lowest BCUT2D eigenvalue weighted by molar-refractivity contribution is -0.131. The number of carbonyl (C=O) groups is 3. The first-order valence-corrected chi connectivity index (χ1v) is 7.31. The molecule has 0 atom stereocenters. The standard InChI is InChI=1S/C14H17NO5S/c1-3-5-9-8-10(14(19)20-4-2)13(21-9)15-11(16)6-7-12(17)18/h6-8H,3-5H2,1-2H3,(H,15,16)(H,17,18). The van der Waals surface area contributed by atoms with Crippen molar-refractivity contribution in [1.82, 2.24) is 0 Å². The Hall–Kier alpha value is -2.15. The van der Waals surface area contributed by atoms with Crippen molar-refractivity contribution in [3.8, 4) is 0 Å². The number of anilines is 1. The van der Waals surface area contributed by atoms with Gasteiger partial charge in [-0.25, -0.2) is 9.59 Å². The summed E-state index contributed by atoms with van der Waals surface area (Å²) in [6.45, 7) is 3.95. The van der Waals surface area contributed by atoms with Crippen LogP contribution in [0.2, 0.25) is 0 Å². The third kappa shape index (κ3) is 5.39. The van der Waals surface area contributed by atoms with E-state index in [1.54, 1.807) is 13.0 Å². The van der Waals surface area contributed by atoms with Gasteiger partial charge in [-0.3, -0.25) is 4.79 Å². The van der Waals surface area contributed by atoms with Gasteiger partial charge in [-0.05, 0) is 19.4 Å². The topological polar surface area (TPSA) is 92.7 Å². The van der Waals surface area contributed by atoms with Crippen molar-refractivity contribution in [3.63, 3.8) is 0 Å². The van der Waals surface area contributed by atoms with Crippen LogP contribution in [0.15, 0.2) is 18.2 Å². The maximum atomic E-state index is 11.9. The normalized spacial score (nSPS) is 10.6. The number of carboxylic acid groups (broad SMARTS) is 1. The number of carbonyl (C=O) groups excluding carboxylic acids is 2. The molecule has 0 aromatic carbocycles. The van der Waals surface area contributed by atoms with Crippen molar-refractivity contribution in [3.05, 3.63) is 28.7 Å². The number of thiophene rings is 1. The number of nitrogens with one attached hydrogen (secondary N) is 1. The Balaban J connectivity index is 2.95. The molecule has 0 spiro atoms. The van der Waals surface area contributed by atoms with E-state index < -0.39 is 17.8 Å². The smallest absolute Gasteiger partial charge is 0.341 e. The number of hydrogen-bond acceptors (Lipinski definition) is 5. The van der Waals surface area contributed by atoms with Crippen LogP contribution in [0.4, 0.5) is 5.00 Å². The van der Waals surface area contributed by atoms with E-state index in [-0.39, 0.29) is 6.61 Å². The fourth-order valence-electron chi connectivity index (χ4n) is 1.57. The zero-order chi connectivity index (χ0) is 15.8. The first kappa shape index (κ1) is 16.9. The highest BCUT2D eigenvalue weighted by atomic mass is 32.1. The second-order valence-electron chi connectivity index (χ2n) is 4.09. The van der Waals surface area contributed by atoms with Gasteiger partial charge in [0, 0.05) is 17.0 Å². The molecule has 0 saturated carbocycles. The molecule has 21 heavy (non-hydrogen) atoms. The number of carboxylic acids is 1. The van der Waals surface area contributed by atoms with Gasteiger partial charge in [0.15, 0.2) is 0 Å². The van der Waals surface area contributed by atoms with Crippen LogP contribution in [0.3, 0.4) is 0 Å². The molecule has 0 unspecified atom stereocenters. The predicted molar refractivity (Wildman–Crippen MR) is 79.7 cm³/mol. The number of aryl methyl sites for hydroxylation is 1. The van der Waals surface area contributed by atoms with E-state index in [0.717, 1.165) is 29.9 Å². The molecular formula is C14H17NO5S. The summed E-state index contributed by atoms with van der Waals surface area (Å²) in [4.78, 5) is 34.8. The van der Waals surface area contributed by atoms with E-state index in [0.29, 0.717) is 10.6 Å². The first-order chi connectivity index (χ1) is 9.97. The molecule has 1 rings (SSSR count). The molecule has 0 radical (unpaired) electrons. The fraction of sp³-hybridized carbons (Fsp3) is 0.357. The van der Waals surface area contributed by atoms with Crippen molar-refractivity contribution >= 4 is 34.2 Å². The Morgan fingerprint density at radius 2 is 2.05 bits per heavy atom. The van der Waals surface area contributed by atoms with Crippen LogP contribution in [-0.2, 0) is 20.7 Å². The molecule has 0 aliphatic heterocycles. The molecule has 114 valence electrons. The van der Waals surface area contributed by atoms with Gasteiger partial charge in [0.2, 0.25) is 5.91 Å². The molecule has 1 aromatic rings. The molecule has 0 aliphatic carbocycles. The molecule has 1 amide bonds. The van der Waals surface area contributed by atoms with E-state index in [2.05, 4.69) is 5.32 Å². The van der Waals surface area contributed by atoms with E-state index in [1.807, 2.05) is 6.92 Å². The molecule has 7 heteroatoms. The summed E-state index contributed by atoms with van der Waals surface area (Å²) >= 11 is 1.29. The molecule has 0 fully saturated rings. The molecule has 0 saturated heterocycles. The highest BCUT2D eigenvalue weighted by molar-refractivity contribution is 7.16. The average Bonchev–Trinajstić information content (AvgIpc) is 2.80. The number of ether oxygens (including phenoxy) is 1. The van der Waals surface area contributed by atoms with Crippen LogP contribution in [0.5, 0.6) is 0 Å². The van der Waals surface area contributed by atoms with Crippen molar-refractivity contribution in [2.24, 2.45) is 0 Å². The number of aliphatic carboxylic acids is 1. The molecule has 2 N–H and O–H groups in total. The molecule has 0 aliphatic rings. The minimum Gasteiger partial charge on any atom is -0.478 e. The molecule has 6 nitrogen and oxygen atoms in total. The van der Waals surface area contributed by atoms with E-state index >= 15 is 0 Å². The first-order valence-electron chi connectivity index (χ1n) is 6.49. The lowest BCUT2D eigenvalue weighted by atomic mass is 10.2. The summed E-state index contributed by atoms with van der Waals surface area (Å²) in [7, 11) is 0. The van der Waals surface area contributed by atoms with Crippen LogP contribution in [0.25, 0.3) is 0 Å².